The molecule has 170 valence electrons. The smallest absolute Gasteiger partial charge is 0.434 e. The summed E-state index contributed by atoms with van der Waals surface area (Å²) < 4.78 is 21.1. The van der Waals surface area contributed by atoms with Crippen LogP contribution in [0.2, 0.25) is 0 Å². The molecule has 0 aromatic rings. The van der Waals surface area contributed by atoms with Crippen molar-refractivity contribution >= 4 is 12.3 Å². The van der Waals surface area contributed by atoms with E-state index in [1.165, 1.54) is 32.1 Å². The summed E-state index contributed by atoms with van der Waals surface area (Å²) in [6.45, 7) is 9.13. The van der Waals surface area contributed by atoms with E-state index < -0.39 is 24.5 Å². The molecule has 6 heteroatoms. The molecule has 0 spiro atoms. The predicted octanol–water partition coefficient (Wildman–Crippen LogP) is 6.65. The van der Waals surface area contributed by atoms with Crippen LogP contribution in [-0.4, -0.2) is 37.7 Å². The molecule has 29 heavy (non-hydrogen) atoms. The van der Waals surface area contributed by atoms with Gasteiger partial charge < -0.3 is 18.9 Å². The van der Waals surface area contributed by atoms with Gasteiger partial charge in [-0.2, -0.15) is 0 Å². The van der Waals surface area contributed by atoms with Crippen molar-refractivity contribution in [1.82, 2.24) is 0 Å². The zero-order valence-corrected chi connectivity index (χ0v) is 19.0. The lowest BCUT2D eigenvalue weighted by Gasteiger charge is -2.29. The first-order valence-corrected chi connectivity index (χ1v) is 11.5. The molecule has 0 heterocycles. The quantitative estimate of drug-likeness (QED) is 0.248. The van der Waals surface area contributed by atoms with Gasteiger partial charge in [0.25, 0.3) is 0 Å². The minimum absolute atomic E-state index is 0.246. The monoisotopic (exact) mass is 414 g/mol. The van der Waals surface area contributed by atoms with Crippen LogP contribution in [0.1, 0.15) is 98.3 Å². The normalized spacial score (nSPS) is 19.2. The van der Waals surface area contributed by atoms with Crippen LogP contribution in [0, 0.1) is 11.8 Å². The number of hydrogen-bond donors (Lipinski definition) is 0. The molecule has 6 nitrogen and oxygen atoms in total. The maximum Gasteiger partial charge on any atom is 0.508 e. The fourth-order valence-corrected chi connectivity index (χ4v) is 3.40. The summed E-state index contributed by atoms with van der Waals surface area (Å²) in [6, 6.07) is 0. The molecule has 0 saturated heterocycles. The van der Waals surface area contributed by atoms with Crippen LogP contribution in [0.5, 0.6) is 0 Å². The number of carbonyl (C=O) groups excluding carboxylic acids is 2. The van der Waals surface area contributed by atoms with E-state index in [9.17, 15) is 9.59 Å². The van der Waals surface area contributed by atoms with E-state index in [1.807, 2.05) is 13.8 Å². The summed E-state index contributed by atoms with van der Waals surface area (Å²) in [5.41, 5.74) is 0. The fraction of sp³-hybridized carbons (Fsp3) is 0.913. The van der Waals surface area contributed by atoms with Gasteiger partial charge in [-0.05, 0) is 43.9 Å². The molecular weight excluding hydrogens is 372 g/mol. The molecule has 0 aromatic carbocycles. The van der Waals surface area contributed by atoms with Gasteiger partial charge in [-0.15, -0.1) is 0 Å². The zero-order valence-electron chi connectivity index (χ0n) is 19.0. The average Bonchev–Trinajstić information content (AvgIpc) is 2.66. The number of unbranched alkanes of at least 4 members (excludes halogenated alkanes) is 5. The van der Waals surface area contributed by atoms with Crippen LogP contribution in [0.4, 0.5) is 9.59 Å². The minimum Gasteiger partial charge on any atom is -0.434 e. The Morgan fingerprint density at radius 3 is 1.79 bits per heavy atom. The highest BCUT2D eigenvalue weighted by molar-refractivity contribution is 5.61. The van der Waals surface area contributed by atoms with E-state index in [-0.39, 0.29) is 5.92 Å². The van der Waals surface area contributed by atoms with Gasteiger partial charge in [-0.25, -0.2) is 9.59 Å². The van der Waals surface area contributed by atoms with Crippen molar-refractivity contribution in [3.63, 3.8) is 0 Å². The van der Waals surface area contributed by atoms with E-state index >= 15 is 0 Å². The molecule has 0 amide bonds. The zero-order chi connectivity index (χ0) is 21.5. The third kappa shape index (κ3) is 13.4. The summed E-state index contributed by atoms with van der Waals surface area (Å²) >= 11 is 0. The fourth-order valence-electron chi connectivity index (χ4n) is 3.40. The Morgan fingerprint density at radius 1 is 0.724 bits per heavy atom. The van der Waals surface area contributed by atoms with Gasteiger partial charge in [0, 0.05) is 0 Å². The van der Waals surface area contributed by atoms with Gasteiger partial charge in [-0.3, -0.25) is 0 Å². The lowest BCUT2D eigenvalue weighted by molar-refractivity contribution is -0.0723. The van der Waals surface area contributed by atoms with Crippen LogP contribution < -0.4 is 0 Å². The largest absolute Gasteiger partial charge is 0.508 e. The Morgan fingerprint density at radius 2 is 1.24 bits per heavy atom. The first-order chi connectivity index (χ1) is 13.9. The molecule has 0 aromatic heterocycles. The Bertz CT molecular complexity index is 449. The summed E-state index contributed by atoms with van der Waals surface area (Å²) in [5.74, 6) is 1.03. The van der Waals surface area contributed by atoms with Gasteiger partial charge in [0.1, 0.15) is 12.2 Å². The predicted molar refractivity (Wildman–Crippen MR) is 113 cm³/mol. The Kier molecular flexibility index (Phi) is 13.6. The molecule has 1 saturated carbocycles. The van der Waals surface area contributed by atoms with Crippen molar-refractivity contribution in [2.24, 2.45) is 11.8 Å². The van der Waals surface area contributed by atoms with Gasteiger partial charge in [0.15, 0.2) is 0 Å². The molecule has 1 aliphatic rings. The molecule has 2 atom stereocenters. The number of rotatable bonds is 13. The van der Waals surface area contributed by atoms with E-state index in [0.29, 0.717) is 26.1 Å². The highest BCUT2D eigenvalue weighted by Gasteiger charge is 2.32. The summed E-state index contributed by atoms with van der Waals surface area (Å²) in [5, 5.41) is 0. The summed E-state index contributed by atoms with van der Waals surface area (Å²) in [6.07, 6.45) is 9.17. The molecule has 0 radical (unpaired) electrons. The number of ether oxygens (including phenoxy) is 4. The summed E-state index contributed by atoms with van der Waals surface area (Å²) in [7, 11) is 0. The second kappa shape index (κ2) is 15.4. The van der Waals surface area contributed by atoms with Crippen LogP contribution in [-0.2, 0) is 18.9 Å². The van der Waals surface area contributed by atoms with E-state index in [4.69, 9.17) is 18.9 Å². The van der Waals surface area contributed by atoms with Gasteiger partial charge in [0.2, 0.25) is 0 Å². The molecule has 0 aliphatic heterocycles. The van der Waals surface area contributed by atoms with E-state index in [2.05, 4.69) is 13.8 Å². The molecule has 1 aliphatic carbocycles. The Hall–Kier alpha value is -1.46. The third-order valence-electron chi connectivity index (χ3n) is 5.07. The highest BCUT2D eigenvalue weighted by Crippen LogP contribution is 2.25. The van der Waals surface area contributed by atoms with Crippen molar-refractivity contribution in [3.8, 4) is 0 Å². The standard InChI is InChI=1S/C23H42O6/c1-18(2)13-9-7-5-6-8-12-16-26-22(24)28-20-14-10-11-15-21(20)29-23(25)27-17-19(3)4/h18-21H,5-17H2,1-4H3. The SMILES string of the molecule is CC(C)CCCCCCCCOC(=O)OC1CCCCC1OC(=O)OCC(C)C. The summed E-state index contributed by atoms with van der Waals surface area (Å²) in [4.78, 5) is 23.8. The highest BCUT2D eigenvalue weighted by atomic mass is 16.8. The number of carbonyl (C=O) groups is 2. The van der Waals surface area contributed by atoms with Gasteiger partial charge in [0.05, 0.1) is 13.2 Å². The maximum atomic E-state index is 12.0. The minimum atomic E-state index is -0.694. The lowest BCUT2D eigenvalue weighted by Crippen LogP contribution is -2.38. The van der Waals surface area contributed by atoms with Crippen molar-refractivity contribution in [2.75, 3.05) is 13.2 Å². The Labute approximate surface area is 177 Å². The molecule has 1 rings (SSSR count). The number of hydrogen-bond acceptors (Lipinski definition) is 6. The van der Waals surface area contributed by atoms with Gasteiger partial charge in [-0.1, -0.05) is 66.2 Å². The van der Waals surface area contributed by atoms with Crippen molar-refractivity contribution in [1.29, 1.82) is 0 Å². The lowest BCUT2D eigenvalue weighted by atomic mass is 9.95. The van der Waals surface area contributed by atoms with Crippen LogP contribution in [0.3, 0.4) is 0 Å². The molecular formula is C23H42O6. The van der Waals surface area contributed by atoms with Crippen molar-refractivity contribution in [3.05, 3.63) is 0 Å². The average molecular weight is 415 g/mol. The topological polar surface area (TPSA) is 71.1 Å². The Balaban J connectivity index is 2.15. The third-order valence-corrected chi connectivity index (χ3v) is 5.07. The second-order valence-corrected chi connectivity index (χ2v) is 8.95. The van der Waals surface area contributed by atoms with Crippen LogP contribution in [0.25, 0.3) is 0 Å². The second-order valence-electron chi connectivity index (χ2n) is 8.95. The van der Waals surface area contributed by atoms with Crippen LogP contribution in [0.15, 0.2) is 0 Å². The molecule has 1 fully saturated rings. The first kappa shape index (κ1) is 25.6. The molecule has 0 N–H and O–H groups in total. The van der Waals surface area contributed by atoms with Crippen molar-refractivity contribution < 1.29 is 28.5 Å². The maximum absolute atomic E-state index is 12.0. The van der Waals surface area contributed by atoms with Crippen molar-refractivity contribution in [2.45, 2.75) is 111 Å². The molecule has 0 bridgehead atoms. The molecule has 2 unspecified atom stereocenters. The van der Waals surface area contributed by atoms with E-state index in [0.717, 1.165) is 31.6 Å². The van der Waals surface area contributed by atoms with Gasteiger partial charge >= 0.3 is 12.3 Å². The first-order valence-electron chi connectivity index (χ1n) is 11.5. The van der Waals surface area contributed by atoms with E-state index in [1.54, 1.807) is 0 Å². The van der Waals surface area contributed by atoms with Crippen LogP contribution >= 0.6 is 0 Å².